The second-order valence-corrected chi connectivity index (χ2v) is 5.54. The molecule has 0 spiro atoms. The topological polar surface area (TPSA) is 94.1 Å². The molecule has 1 aromatic rings. The van der Waals surface area contributed by atoms with Crippen molar-refractivity contribution in [1.82, 2.24) is 4.98 Å². The lowest BCUT2D eigenvalue weighted by Gasteiger charge is -2.33. The number of rotatable bonds is 3. The van der Waals surface area contributed by atoms with Crippen LogP contribution >= 0.6 is 0 Å². The van der Waals surface area contributed by atoms with E-state index in [4.69, 9.17) is 5.73 Å². The molecule has 0 bridgehead atoms. The van der Waals surface area contributed by atoms with Gasteiger partial charge in [0.2, 0.25) is 0 Å². The van der Waals surface area contributed by atoms with Gasteiger partial charge in [-0.25, -0.2) is 4.98 Å². The van der Waals surface area contributed by atoms with Gasteiger partial charge in [-0.15, -0.1) is 0 Å². The first-order chi connectivity index (χ1) is 8.95. The van der Waals surface area contributed by atoms with Crippen molar-refractivity contribution in [2.75, 3.05) is 11.1 Å². The Morgan fingerprint density at radius 1 is 1.42 bits per heavy atom. The van der Waals surface area contributed by atoms with Gasteiger partial charge in [-0.2, -0.15) is 0 Å². The summed E-state index contributed by atoms with van der Waals surface area (Å²) in [6.45, 7) is 4.46. The van der Waals surface area contributed by atoms with E-state index in [9.17, 15) is 10.1 Å². The highest BCUT2D eigenvalue weighted by Gasteiger charge is 2.25. The minimum Gasteiger partial charge on any atom is -0.383 e. The molecule has 19 heavy (non-hydrogen) atoms. The molecule has 3 N–H and O–H groups in total. The number of hydrogen-bond acceptors (Lipinski definition) is 5. The summed E-state index contributed by atoms with van der Waals surface area (Å²) in [5.41, 5.74) is 5.58. The molecule has 6 nitrogen and oxygen atoms in total. The highest BCUT2D eigenvalue weighted by molar-refractivity contribution is 5.53. The Kier molecular flexibility index (Phi) is 3.87. The van der Waals surface area contributed by atoms with Gasteiger partial charge in [0.05, 0.1) is 17.1 Å². The van der Waals surface area contributed by atoms with E-state index >= 15 is 0 Å². The van der Waals surface area contributed by atoms with E-state index in [1.54, 1.807) is 0 Å². The van der Waals surface area contributed by atoms with Crippen LogP contribution in [0.25, 0.3) is 0 Å². The minimum atomic E-state index is -0.449. The number of nitrogen functional groups attached to an aromatic ring is 1. The standard InChI is InChI=1S/C13H20N4O2/c1-8-3-4-11(9(2)5-8)15-13-7-10(17(18)19)6-12(14)16-13/h6-9,11H,3-5H2,1-2H3,(H3,14,15,16). The summed E-state index contributed by atoms with van der Waals surface area (Å²) in [7, 11) is 0. The van der Waals surface area contributed by atoms with Crippen LogP contribution in [0.15, 0.2) is 12.1 Å². The number of nitrogens with one attached hydrogen (secondary N) is 1. The predicted octanol–water partition coefficient (Wildman–Crippen LogP) is 2.81. The number of anilines is 2. The first-order valence-corrected chi connectivity index (χ1v) is 6.64. The number of aromatic nitrogens is 1. The van der Waals surface area contributed by atoms with Crippen LogP contribution in [-0.4, -0.2) is 15.9 Å². The second-order valence-electron chi connectivity index (χ2n) is 5.54. The van der Waals surface area contributed by atoms with E-state index in [0.717, 1.165) is 12.3 Å². The third-order valence-electron chi connectivity index (χ3n) is 3.81. The maximum Gasteiger partial charge on any atom is 0.276 e. The lowest BCUT2D eigenvalue weighted by atomic mass is 9.80. The third-order valence-corrected chi connectivity index (χ3v) is 3.81. The molecule has 1 saturated carbocycles. The molecule has 1 aliphatic rings. The van der Waals surface area contributed by atoms with Crippen LogP contribution in [0, 0.1) is 22.0 Å². The van der Waals surface area contributed by atoms with Crippen LogP contribution in [-0.2, 0) is 0 Å². The van der Waals surface area contributed by atoms with Gasteiger partial charge in [-0.1, -0.05) is 13.8 Å². The van der Waals surface area contributed by atoms with Gasteiger partial charge < -0.3 is 11.1 Å². The first kappa shape index (κ1) is 13.6. The zero-order chi connectivity index (χ0) is 14.0. The molecule has 0 radical (unpaired) electrons. The Morgan fingerprint density at radius 2 is 2.16 bits per heavy atom. The average molecular weight is 264 g/mol. The maximum absolute atomic E-state index is 10.8. The molecule has 1 fully saturated rings. The van der Waals surface area contributed by atoms with Crippen LogP contribution in [0.1, 0.15) is 33.1 Å². The Labute approximate surface area is 112 Å². The fraction of sp³-hybridized carbons (Fsp3) is 0.615. The van der Waals surface area contributed by atoms with Gasteiger partial charge in [-0.05, 0) is 31.1 Å². The van der Waals surface area contributed by atoms with Crippen molar-refractivity contribution in [3.05, 3.63) is 22.2 Å². The molecule has 2 rings (SSSR count). The molecule has 104 valence electrons. The molecule has 3 unspecified atom stereocenters. The fourth-order valence-electron chi connectivity index (χ4n) is 2.79. The van der Waals surface area contributed by atoms with Gasteiger partial charge in [-0.3, -0.25) is 10.1 Å². The largest absolute Gasteiger partial charge is 0.383 e. The van der Waals surface area contributed by atoms with E-state index in [-0.39, 0.29) is 11.5 Å². The molecule has 0 saturated heterocycles. The molecule has 1 aliphatic carbocycles. The Balaban J connectivity index is 2.12. The normalized spacial score (nSPS) is 26.9. The smallest absolute Gasteiger partial charge is 0.276 e. The Morgan fingerprint density at radius 3 is 2.79 bits per heavy atom. The summed E-state index contributed by atoms with van der Waals surface area (Å²) in [6.07, 6.45) is 3.40. The van der Waals surface area contributed by atoms with Gasteiger partial charge in [0, 0.05) is 6.04 Å². The van der Waals surface area contributed by atoms with Crippen molar-refractivity contribution in [2.45, 2.75) is 39.2 Å². The van der Waals surface area contributed by atoms with Gasteiger partial charge >= 0.3 is 0 Å². The number of nitro groups is 1. The Hall–Kier alpha value is -1.85. The Bertz CT molecular complexity index is 478. The van der Waals surface area contributed by atoms with Gasteiger partial charge in [0.25, 0.3) is 5.69 Å². The summed E-state index contributed by atoms with van der Waals surface area (Å²) >= 11 is 0. The summed E-state index contributed by atoms with van der Waals surface area (Å²) in [4.78, 5) is 14.5. The molecule has 1 heterocycles. The molecule has 0 aromatic carbocycles. The van der Waals surface area contributed by atoms with Crippen LogP contribution in [0.2, 0.25) is 0 Å². The summed E-state index contributed by atoms with van der Waals surface area (Å²) in [6, 6.07) is 3.03. The monoisotopic (exact) mass is 264 g/mol. The fourth-order valence-corrected chi connectivity index (χ4v) is 2.79. The van der Waals surface area contributed by atoms with E-state index in [1.807, 2.05) is 0 Å². The molecule has 6 heteroatoms. The molecular formula is C13H20N4O2. The minimum absolute atomic E-state index is 0.0215. The molecule has 1 aromatic heterocycles. The number of hydrogen-bond donors (Lipinski definition) is 2. The van der Waals surface area contributed by atoms with E-state index in [1.165, 1.54) is 25.0 Å². The average Bonchev–Trinajstić information content (AvgIpc) is 2.32. The summed E-state index contributed by atoms with van der Waals surface area (Å²) < 4.78 is 0. The maximum atomic E-state index is 10.8. The number of pyridine rings is 1. The summed E-state index contributed by atoms with van der Waals surface area (Å²) in [5, 5.41) is 14.1. The van der Waals surface area contributed by atoms with Crippen molar-refractivity contribution in [3.63, 3.8) is 0 Å². The quantitative estimate of drug-likeness (QED) is 0.646. The van der Waals surface area contributed by atoms with Crippen LogP contribution in [0.5, 0.6) is 0 Å². The van der Waals surface area contributed by atoms with Crippen molar-refractivity contribution < 1.29 is 4.92 Å². The lowest BCUT2D eigenvalue weighted by Crippen LogP contribution is -2.33. The lowest BCUT2D eigenvalue weighted by molar-refractivity contribution is -0.384. The van der Waals surface area contributed by atoms with E-state index in [2.05, 4.69) is 24.1 Å². The SMILES string of the molecule is CC1CCC(Nc2cc([N+](=O)[O-])cc(N)n2)C(C)C1. The third kappa shape index (κ3) is 3.33. The van der Waals surface area contributed by atoms with Crippen molar-refractivity contribution in [2.24, 2.45) is 11.8 Å². The van der Waals surface area contributed by atoms with Crippen LogP contribution in [0.4, 0.5) is 17.3 Å². The van der Waals surface area contributed by atoms with Crippen molar-refractivity contribution in [3.8, 4) is 0 Å². The number of nitrogens with zero attached hydrogens (tertiary/aromatic N) is 2. The van der Waals surface area contributed by atoms with Crippen molar-refractivity contribution in [1.29, 1.82) is 0 Å². The molecular weight excluding hydrogens is 244 g/mol. The second kappa shape index (κ2) is 5.42. The van der Waals surface area contributed by atoms with Crippen LogP contribution in [0.3, 0.4) is 0 Å². The highest BCUT2D eigenvalue weighted by Crippen LogP contribution is 2.31. The molecule has 3 atom stereocenters. The predicted molar refractivity (Wildman–Crippen MR) is 74.9 cm³/mol. The molecule has 0 amide bonds. The van der Waals surface area contributed by atoms with Gasteiger partial charge in [0.15, 0.2) is 0 Å². The van der Waals surface area contributed by atoms with Crippen molar-refractivity contribution >= 4 is 17.3 Å². The summed E-state index contributed by atoms with van der Waals surface area (Å²) in [5.74, 6) is 1.95. The zero-order valence-corrected chi connectivity index (χ0v) is 11.3. The highest BCUT2D eigenvalue weighted by atomic mass is 16.6. The van der Waals surface area contributed by atoms with Gasteiger partial charge in [0.1, 0.15) is 11.6 Å². The van der Waals surface area contributed by atoms with Crippen LogP contribution < -0.4 is 11.1 Å². The first-order valence-electron chi connectivity index (χ1n) is 6.64. The number of nitrogens with two attached hydrogens (primary N) is 1. The molecule has 0 aliphatic heterocycles. The van der Waals surface area contributed by atoms with E-state index < -0.39 is 4.92 Å². The zero-order valence-electron chi connectivity index (χ0n) is 11.3. The van der Waals surface area contributed by atoms with E-state index in [0.29, 0.717) is 17.8 Å².